The second-order valence-electron chi connectivity index (χ2n) is 5.49. The number of amides is 1. The number of benzene rings is 1. The van der Waals surface area contributed by atoms with Crippen LogP contribution in [0, 0.1) is 6.92 Å². The number of pyridine rings is 1. The van der Waals surface area contributed by atoms with Gasteiger partial charge in [0.05, 0.1) is 5.69 Å². The SMILES string of the molecule is Cc1cccc(O[C@@H](C)C(=O)O[C@@H](C)C(=O)Nc2cccnc2Cl)c1. The summed E-state index contributed by atoms with van der Waals surface area (Å²) < 4.78 is 10.7. The average Bonchev–Trinajstić information content (AvgIpc) is 2.56. The molecule has 2 rings (SSSR count). The monoisotopic (exact) mass is 362 g/mol. The van der Waals surface area contributed by atoms with Crippen molar-refractivity contribution >= 4 is 29.2 Å². The van der Waals surface area contributed by atoms with Gasteiger partial charge in [-0.15, -0.1) is 0 Å². The lowest BCUT2D eigenvalue weighted by molar-refractivity contribution is -0.159. The van der Waals surface area contributed by atoms with Gasteiger partial charge >= 0.3 is 5.97 Å². The zero-order valence-electron chi connectivity index (χ0n) is 14.2. The zero-order valence-corrected chi connectivity index (χ0v) is 14.9. The Labute approximate surface area is 151 Å². The third-order valence-electron chi connectivity index (χ3n) is 3.31. The van der Waals surface area contributed by atoms with E-state index in [0.717, 1.165) is 5.56 Å². The van der Waals surface area contributed by atoms with Crippen LogP contribution in [0.2, 0.25) is 5.15 Å². The van der Waals surface area contributed by atoms with Gasteiger partial charge < -0.3 is 14.8 Å². The van der Waals surface area contributed by atoms with Gasteiger partial charge in [0.15, 0.2) is 17.4 Å². The fourth-order valence-corrected chi connectivity index (χ4v) is 2.14. The van der Waals surface area contributed by atoms with Crippen LogP contribution in [0.4, 0.5) is 5.69 Å². The minimum atomic E-state index is -1.01. The predicted molar refractivity (Wildman–Crippen MR) is 94.7 cm³/mol. The molecule has 0 aliphatic rings. The van der Waals surface area contributed by atoms with Crippen LogP contribution < -0.4 is 10.1 Å². The molecule has 0 spiro atoms. The molecule has 0 fully saturated rings. The van der Waals surface area contributed by atoms with Gasteiger partial charge in [-0.3, -0.25) is 4.79 Å². The van der Waals surface area contributed by atoms with Gasteiger partial charge in [0.1, 0.15) is 5.75 Å². The first kappa shape index (κ1) is 18.7. The van der Waals surface area contributed by atoms with Crippen molar-refractivity contribution in [3.63, 3.8) is 0 Å². The first-order chi connectivity index (χ1) is 11.9. The molecule has 1 heterocycles. The summed E-state index contributed by atoms with van der Waals surface area (Å²) >= 11 is 5.88. The molecule has 0 saturated carbocycles. The number of nitrogens with one attached hydrogen (secondary N) is 1. The molecule has 0 saturated heterocycles. The number of aromatic nitrogens is 1. The highest BCUT2D eigenvalue weighted by molar-refractivity contribution is 6.32. The van der Waals surface area contributed by atoms with E-state index in [-0.39, 0.29) is 5.15 Å². The lowest BCUT2D eigenvalue weighted by Gasteiger charge is -2.18. The highest BCUT2D eigenvalue weighted by Gasteiger charge is 2.23. The molecule has 0 bridgehead atoms. The molecule has 7 heteroatoms. The lowest BCUT2D eigenvalue weighted by Crippen LogP contribution is -2.35. The Hall–Kier alpha value is -2.60. The van der Waals surface area contributed by atoms with Crippen molar-refractivity contribution in [2.45, 2.75) is 33.0 Å². The molecule has 1 N–H and O–H groups in total. The van der Waals surface area contributed by atoms with Crippen LogP contribution in [-0.4, -0.2) is 29.1 Å². The van der Waals surface area contributed by atoms with Gasteiger partial charge in [0, 0.05) is 6.20 Å². The topological polar surface area (TPSA) is 77.5 Å². The largest absolute Gasteiger partial charge is 0.479 e. The van der Waals surface area contributed by atoms with Crippen LogP contribution in [0.1, 0.15) is 19.4 Å². The van der Waals surface area contributed by atoms with Gasteiger partial charge in [-0.05, 0) is 50.6 Å². The number of carbonyl (C=O) groups is 2. The number of halogens is 1. The maximum absolute atomic E-state index is 12.1. The fourth-order valence-electron chi connectivity index (χ4n) is 1.98. The molecule has 1 amide bonds. The van der Waals surface area contributed by atoms with Gasteiger partial charge in [-0.25, -0.2) is 9.78 Å². The van der Waals surface area contributed by atoms with Crippen molar-refractivity contribution in [2.24, 2.45) is 0 Å². The summed E-state index contributed by atoms with van der Waals surface area (Å²) in [6, 6.07) is 10.5. The van der Waals surface area contributed by atoms with E-state index in [1.807, 2.05) is 25.1 Å². The van der Waals surface area contributed by atoms with Crippen molar-refractivity contribution in [1.29, 1.82) is 0 Å². The number of rotatable bonds is 6. The minimum absolute atomic E-state index is 0.158. The molecule has 2 aromatic rings. The second-order valence-corrected chi connectivity index (χ2v) is 5.84. The van der Waals surface area contributed by atoms with Crippen molar-refractivity contribution in [3.8, 4) is 5.75 Å². The number of esters is 1. The third-order valence-corrected chi connectivity index (χ3v) is 3.61. The third kappa shape index (κ3) is 5.46. The normalized spacial score (nSPS) is 12.8. The van der Waals surface area contributed by atoms with Crippen molar-refractivity contribution in [3.05, 3.63) is 53.3 Å². The summed E-state index contributed by atoms with van der Waals surface area (Å²) in [6.07, 6.45) is -0.350. The molecule has 1 aromatic heterocycles. The molecule has 25 heavy (non-hydrogen) atoms. The van der Waals surface area contributed by atoms with Crippen LogP contribution in [0.15, 0.2) is 42.6 Å². The van der Waals surface area contributed by atoms with Crippen LogP contribution in [0.5, 0.6) is 5.75 Å². The van der Waals surface area contributed by atoms with E-state index in [9.17, 15) is 9.59 Å². The molecule has 132 valence electrons. The van der Waals surface area contributed by atoms with Gasteiger partial charge in [0.2, 0.25) is 0 Å². The Kier molecular flexibility index (Phi) is 6.36. The first-order valence-corrected chi connectivity index (χ1v) is 8.10. The predicted octanol–water partition coefficient (Wildman–Crippen LogP) is 3.38. The van der Waals surface area contributed by atoms with E-state index in [0.29, 0.717) is 11.4 Å². The highest BCUT2D eigenvalue weighted by Crippen LogP contribution is 2.18. The summed E-state index contributed by atoms with van der Waals surface area (Å²) in [5, 5.41) is 2.72. The Balaban J connectivity index is 1.90. The second kappa shape index (κ2) is 8.48. The molecule has 0 radical (unpaired) electrons. The number of carbonyl (C=O) groups excluding carboxylic acids is 2. The Bertz CT molecular complexity index is 766. The van der Waals surface area contributed by atoms with E-state index in [2.05, 4.69) is 10.3 Å². The molecule has 0 aliphatic carbocycles. The van der Waals surface area contributed by atoms with Gasteiger partial charge in [-0.2, -0.15) is 0 Å². The van der Waals surface area contributed by atoms with Crippen LogP contribution in [0.3, 0.4) is 0 Å². The minimum Gasteiger partial charge on any atom is -0.479 e. The summed E-state index contributed by atoms with van der Waals surface area (Å²) in [7, 11) is 0. The fraction of sp³-hybridized carbons (Fsp3) is 0.278. The molecular weight excluding hydrogens is 344 g/mol. The van der Waals surface area contributed by atoms with Crippen molar-refractivity contribution < 1.29 is 19.1 Å². The summed E-state index contributed by atoms with van der Waals surface area (Å²) in [4.78, 5) is 28.1. The molecule has 2 atom stereocenters. The van der Waals surface area contributed by atoms with E-state index in [4.69, 9.17) is 21.1 Å². The van der Waals surface area contributed by atoms with E-state index in [1.165, 1.54) is 13.1 Å². The Morgan fingerprint density at radius 2 is 1.92 bits per heavy atom. The number of aryl methyl sites for hydroxylation is 1. The maximum Gasteiger partial charge on any atom is 0.347 e. The smallest absolute Gasteiger partial charge is 0.347 e. The van der Waals surface area contributed by atoms with E-state index < -0.39 is 24.1 Å². The molecule has 0 unspecified atom stereocenters. The van der Waals surface area contributed by atoms with Gasteiger partial charge in [0.25, 0.3) is 5.91 Å². The van der Waals surface area contributed by atoms with Crippen molar-refractivity contribution in [1.82, 2.24) is 4.98 Å². The number of ether oxygens (including phenoxy) is 2. The van der Waals surface area contributed by atoms with Crippen molar-refractivity contribution in [2.75, 3.05) is 5.32 Å². The average molecular weight is 363 g/mol. The summed E-state index contributed by atoms with van der Waals surface area (Å²) in [6.45, 7) is 4.95. The maximum atomic E-state index is 12.1. The lowest BCUT2D eigenvalue weighted by atomic mass is 10.2. The van der Waals surface area contributed by atoms with E-state index in [1.54, 1.807) is 25.1 Å². The number of nitrogens with zero attached hydrogens (tertiary/aromatic N) is 1. The quantitative estimate of drug-likeness (QED) is 0.629. The standard InChI is InChI=1S/C18H19ClN2O4/c1-11-6-4-7-14(10-11)24-13(3)18(23)25-12(2)17(22)21-15-8-5-9-20-16(15)19/h4-10,12-13H,1-3H3,(H,21,22)/t12-,13-/m0/s1. The van der Waals surface area contributed by atoms with Crippen LogP contribution >= 0.6 is 11.6 Å². The molecule has 0 aliphatic heterocycles. The highest BCUT2D eigenvalue weighted by atomic mass is 35.5. The number of anilines is 1. The number of hydrogen-bond acceptors (Lipinski definition) is 5. The summed E-state index contributed by atoms with van der Waals surface area (Å²) in [5.41, 5.74) is 1.36. The first-order valence-electron chi connectivity index (χ1n) is 7.72. The van der Waals surface area contributed by atoms with E-state index >= 15 is 0 Å². The molecular formula is C18H19ClN2O4. The van der Waals surface area contributed by atoms with Crippen LogP contribution in [0.25, 0.3) is 0 Å². The Morgan fingerprint density at radius 1 is 1.16 bits per heavy atom. The molecule has 6 nitrogen and oxygen atoms in total. The van der Waals surface area contributed by atoms with Crippen LogP contribution in [-0.2, 0) is 14.3 Å². The number of hydrogen-bond donors (Lipinski definition) is 1. The molecule has 1 aromatic carbocycles. The zero-order chi connectivity index (χ0) is 18.4. The Morgan fingerprint density at radius 3 is 2.60 bits per heavy atom. The summed E-state index contributed by atoms with van der Waals surface area (Å²) in [5.74, 6) is -0.587. The van der Waals surface area contributed by atoms with Gasteiger partial charge in [-0.1, -0.05) is 23.7 Å².